The first-order chi connectivity index (χ1) is 18.0. The molecule has 3 N–H and O–H groups in total. The van der Waals surface area contributed by atoms with E-state index in [1.807, 2.05) is 48.5 Å². The Bertz CT molecular complexity index is 1320. The van der Waals surface area contributed by atoms with Crippen LogP contribution in [-0.4, -0.2) is 66.2 Å². The van der Waals surface area contributed by atoms with Crippen LogP contribution in [0.3, 0.4) is 0 Å². The Morgan fingerprint density at radius 3 is 2.70 bits per heavy atom. The molecule has 0 spiro atoms. The van der Waals surface area contributed by atoms with E-state index in [2.05, 4.69) is 15.6 Å². The number of nitrogens with one attached hydrogen (secondary N) is 3. The molecule has 3 heterocycles. The van der Waals surface area contributed by atoms with E-state index in [9.17, 15) is 19.2 Å². The zero-order valence-electron chi connectivity index (χ0n) is 20.6. The lowest BCUT2D eigenvalue weighted by Gasteiger charge is -2.25. The summed E-state index contributed by atoms with van der Waals surface area (Å²) >= 11 is 0. The Balaban J connectivity index is 1.40. The molecule has 1 unspecified atom stereocenters. The highest BCUT2D eigenvalue weighted by molar-refractivity contribution is 6.02. The van der Waals surface area contributed by atoms with Crippen LogP contribution in [0.5, 0.6) is 5.75 Å². The SMILES string of the molecule is COc1cccc2[nH]c(C(=O)N3C[C@H](c4ccccc4)CC3C(=O)N[C@H](C=O)C[C@@H]3CCNC3=O)cc12. The third kappa shape index (κ3) is 4.94. The molecule has 4 atom stereocenters. The second-order valence-electron chi connectivity index (χ2n) is 9.68. The molecule has 2 saturated heterocycles. The number of ether oxygens (including phenoxy) is 1. The first-order valence-corrected chi connectivity index (χ1v) is 12.5. The summed E-state index contributed by atoms with van der Waals surface area (Å²) in [5.41, 5.74) is 2.17. The Morgan fingerprint density at radius 2 is 2.00 bits per heavy atom. The molecule has 192 valence electrons. The normalized spacial score (nSPS) is 22.0. The van der Waals surface area contributed by atoms with Gasteiger partial charge in [-0.05, 0) is 43.0 Å². The topological polar surface area (TPSA) is 121 Å². The minimum Gasteiger partial charge on any atom is -0.496 e. The van der Waals surface area contributed by atoms with Crippen molar-refractivity contribution in [2.45, 2.75) is 37.3 Å². The number of hydrogen-bond acceptors (Lipinski definition) is 5. The highest BCUT2D eigenvalue weighted by Crippen LogP contribution is 2.34. The molecule has 2 fully saturated rings. The molecule has 5 rings (SSSR count). The van der Waals surface area contributed by atoms with E-state index in [1.54, 1.807) is 18.1 Å². The number of carbonyl (C=O) groups is 4. The van der Waals surface area contributed by atoms with E-state index in [4.69, 9.17) is 4.74 Å². The molecule has 0 radical (unpaired) electrons. The fourth-order valence-corrected chi connectivity index (χ4v) is 5.45. The van der Waals surface area contributed by atoms with Gasteiger partial charge in [0.1, 0.15) is 23.8 Å². The number of aldehydes is 1. The number of aromatic amines is 1. The molecular weight excluding hydrogens is 472 g/mol. The van der Waals surface area contributed by atoms with Crippen molar-refractivity contribution in [1.82, 2.24) is 20.5 Å². The van der Waals surface area contributed by atoms with Gasteiger partial charge in [-0.3, -0.25) is 14.4 Å². The summed E-state index contributed by atoms with van der Waals surface area (Å²) < 4.78 is 5.43. The highest BCUT2D eigenvalue weighted by Gasteiger charge is 2.41. The van der Waals surface area contributed by atoms with Crippen molar-refractivity contribution in [2.75, 3.05) is 20.2 Å². The average Bonchev–Trinajstić information content (AvgIpc) is 3.66. The van der Waals surface area contributed by atoms with Crippen LogP contribution in [0.15, 0.2) is 54.6 Å². The number of benzene rings is 2. The van der Waals surface area contributed by atoms with E-state index in [1.165, 1.54) is 0 Å². The summed E-state index contributed by atoms with van der Waals surface area (Å²) in [6.07, 6.45) is 1.97. The van der Waals surface area contributed by atoms with Gasteiger partial charge in [-0.25, -0.2) is 0 Å². The molecule has 2 aromatic carbocycles. The maximum absolute atomic E-state index is 13.7. The van der Waals surface area contributed by atoms with Gasteiger partial charge in [0.05, 0.1) is 13.2 Å². The minimum absolute atomic E-state index is 0.0323. The van der Waals surface area contributed by atoms with Gasteiger partial charge in [-0.2, -0.15) is 0 Å². The fourth-order valence-electron chi connectivity index (χ4n) is 5.45. The quantitative estimate of drug-likeness (QED) is 0.409. The third-order valence-corrected chi connectivity index (χ3v) is 7.40. The lowest BCUT2D eigenvalue weighted by Crippen LogP contribution is -2.49. The van der Waals surface area contributed by atoms with Crippen molar-refractivity contribution in [3.8, 4) is 5.75 Å². The summed E-state index contributed by atoms with van der Waals surface area (Å²) in [6, 6.07) is 15.5. The third-order valence-electron chi connectivity index (χ3n) is 7.40. The standard InChI is InChI=1S/C28H30N4O5/c1-37-25-9-5-8-22-21(25)14-23(31-22)28(36)32-15-19(17-6-3-2-4-7-17)13-24(32)27(35)30-20(16-33)12-18-10-11-29-26(18)34/h2-9,14,16,18-20,24,31H,10-13,15H2,1H3,(H,29,34)(H,30,35)/t18-,19+,20-,24?/m0/s1. The Morgan fingerprint density at radius 1 is 1.19 bits per heavy atom. The molecule has 37 heavy (non-hydrogen) atoms. The van der Waals surface area contributed by atoms with Gasteiger partial charge in [0.25, 0.3) is 5.91 Å². The first kappa shape index (κ1) is 24.5. The lowest BCUT2D eigenvalue weighted by atomic mass is 9.95. The number of hydrogen-bond donors (Lipinski definition) is 3. The van der Waals surface area contributed by atoms with E-state index in [0.29, 0.717) is 43.7 Å². The van der Waals surface area contributed by atoms with Gasteiger partial charge in [0.15, 0.2) is 0 Å². The van der Waals surface area contributed by atoms with E-state index < -0.39 is 18.0 Å². The van der Waals surface area contributed by atoms with Crippen LogP contribution < -0.4 is 15.4 Å². The minimum atomic E-state index is -0.800. The number of nitrogens with zero attached hydrogens (tertiary/aromatic N) is 1. The zero-order chi connectivity index (χ0) is 25.9. The second kappa shape index (κ2) is 10.5. The maximum Gasteiger partial charge on any atom is 0.271 e. The van der Waals surface area contributed by atoms with Crippen LogP contribution in [0.1, 0.15) is 41.2 Å². The fraction of sp³-hybridized carbons (Fsp3) is 0.357. The van der Waals surface area contributed by atoms with E-state index in [0.717, 1.165) is 16.5 Å². The van der Waals surface area contributed by atoms with Gasteiger partial charge in [-0.15, -0.1) is 0 Å². The van der Waals surface area contributed by atoms with Gasteiger partial charge in [0.2, 0.25) is 11.8 Å². The number of likely N-dealkylation sites (tertiary alicyclic amines) is 1. The largest absolute Gasteiger partial charge is 0.496 e. The van der Waals surface area contributed by atoms with Crippen LogP contribution >= 0.6 is 0 Å². The van der Waals surface area contributed by atoms with Crippen molar-refractivity contribution in [2.24, 2.45) is 5.92 Å². The van der Waals surface area contributed by atoms with E-state index in [-0.39, 0.29) is 30.1 Å². The molecule has 2 aliphatic rings. The van der Waals surface area contributed by atoms with Crippen LogP contribution in [0.2, 0.25) is 0 Å². The molecule has 0 saturated carbocycles. The Hall–Kier alpha value is -4.14. The smallest absolute Gasteiger partial charge is 0.271 e. The Labute approximate surface area is 214 Å². The predicted molar refractivity (Wildman–Crippen MR) is 137 cm³/mol. The first-order valence-electron chi connectivity index (χ1n) is 12.5. The van der Waals surface area contributed by atoms with Crippen LogP contribution in [-0.2, 0) is 14.4 Å². The van der Waals surface area contributed by atoms with Crippen molar-refractivity contribution in [3.63, 3.8) is 0 Å². The molecule has 0 aliphatic carbocycles. The summed E-state index contributed by atoms with van der Waals surface area (Å²) in [7, 11) is 1.58. The molecule has 0 bridgehead atoms. The monoisotopic (exact) mass is 502 g/mol. The van der Waals surface area contributed by atoms with Gasteiger partial charge < -0.3 is 30.0 Å². The molecule has 9 heteroatoms. The molecule has 3 aromatic rings. The van der Waals surface area contributed by atoms with Crippen molar-refractivity contribution in [1.29, 1.82) is 0 Å². The van der Waals surface area contributed by atoms with E-state index >= 15 is 0 Å². The molecule has 3 amide bonds. The zero-order valence-corrected chi connectivity index (χ0v) is 20.6. The van der Waals surface area contributed by atoms with Gasteiger partial charge in [0, 0.05) is 35.8 Å². The molecule has 9 nitrogen and oxygen atoms in total. The van der Waals surface area contributed by atoms with Crippen LogP contribution in [0.25, 0.3) is 10.9 Å². The molecule has 1 aromatic heterocycles. The summed E-state index contributed by atoms with van der Waals surface area (Å²) in [4.78, 5) is 55.7. The van der Waals surface area contributed by atoms with Gasteiger partial charge >= 0.3 is 0 Å². The predicted octanol–water partition coefficient (Wildman–Crippen LogP) is 2.38. The lowest BCUT2D eigenvalue weighted by molar-refractivity contribution is -0.128. The number of fused-ring (bicyclic) bond motifs is 1. The molecular formula is C28H30N4O5. The number of H-pyrrole nitrogens is 1. The van der Waals surface area contributed by atoms with Crippen molar-refractivity contribution >= 4 is 34.9 Å². The summed E-state index contributed by atoms with van der Waals surface area (Å²) in [5, 5.41) is 6.34. The summed E-state index contributed by atoms with van der Waals surface area (Å²) in [5.74, 6) is -0.483. The van der Waals surface area contributed by atoms with Crippen molar-refractivity contribution < 1.29 is 23.9 Å². The Kier molecular flexibility index (Phi) is 6.94. The number of aromatic nitrogens is 1. The summed E-state index contributed by atoms with van der Waals surface area (Å²) in [6.45, 7) is 0.937. The maximum atomic E-state index is 13.7. The van der Waals surface area contributed by atoms with Gasteiger partial charge in [-0.1, -0.05) is 36.4 Å². The number of rotatable bonds is 8. The van der Waals surface area contributed by atoms with Crippen molar-refractivity contribution in [3.05, 3.63) is 65.9 Å². The number of methoxy groups -OCH3 is 1. The molecule has 2 aliphatic heterocycles. The second-order valence-corrected chi connectivity index (χ2v) is 9.68. The average molecular weight is 503 g/mol. The van der Waals surface area contributed by atoms with Crippen LogP contribution in [0, 0.1) is 5.92 Å². The number of carbonyl (C=O) groups excluding carboxylic acids is 4. The highest BCUT2D eigenvalue weighted by atomic mass is 16.5. The number of amides is 3. The van der Waals surface area contributed by atoms with Crippen LogP contribution in [0.4, 0.5) is 0 Å².